The zero-order chi connectivity index (χ0) is 32.2. The van der Waals surface area contributed by atoms with Crippen LogP contribution < -0.4 is 17.4 Å². The fourth-order valence-electron chi connectivity index (χ4n) is 6.08. The molecule has 0 amide bonds. The molecule has 0 saturated carbocycles. The summed E-state index contributed by atoms with van der Waals surface area (Å²) in [5.74, 6) is 0.396. The molecule has 0 saturated heterocycles. The van der Waals surface area contributed by atoms with E-state index >= 15 is 0 Å². The summed E-state index contributed by atoms with van der Waals surface area (Å²) in [5, 5.41) is 58.4. The van der Waals surface area contributed by atoms with Gasteiger partial charge >= 0.3 is 22.4 Å². The molecule has 0 radical (unpaired) electrons. The van der Waals surface area contributed by atoms with Crippen molar-refractivity contribution >= 4 is 43.1 Å². The number of aromatic hydroxyl groups is 3. The van der Waals surface area contributed by atoms with Crippen molar-refractivity contribution in [1.29, 1.82) is 0 Å². The largest absolute Gasteiger partial charge is 1.00 e. The second kappa shape index (κ2) is 19.1. The Balaban J connectivity index is 0.000000445. The first kappa shape index (κ1) is 43.6. The van der Waals surface area contributed by atoms with Crippen LogP contribution >= 0.6 is 0 Å². The molecule has 268 valence electrons. The topological polar surface area (TPSA) is 237 Å². The summed E-state index contributed by atoms with van der Waals surface area (Å²) in [7, 11) is 1.00. The first-order valence-corrected chi connectivity index (χ1v) is 14.8. The Morgan fingerprint density at radius 3 is 0.902 bits per heavy atom. The van der Waals surface area contributed by atoms with E-state index in [2.05, 4.69) is 0 Å². The first-order valence-electron chi connectivity index (χ1n) is 14.8. The summed E-state index contributed by atoms with van der Waals surface area (Å²) in [6, 6.07) is 45.3. The van der Waals surface area contributed by atoms with Crippen molar-refractivity contribution in [2.24, 2.45) is 0 Å². The van der Waals surface area contributed by atoms with Crippen LogP contribution in [-0.2, 0) is 22.4 Å². The van der Waals surface area contributed by atoms with Crippen LogP contribution in [0.3, 0.4) is 0 Å². The van der Waals surface area contributed by atoms with Crippen LogP contribution in [0, 0.1) is 0 Å². The Morgan fingerprint density at radius 2 is 0.588 bits per heavy atom. The number of fused-ring (bicyclic) bond motifs is 4. The van der Waals surface area contributed by atoms with Gasteiger partial charge in [-0.15, -0.1) is 5.75 Å². The second-order valence-corrected chi connectivity index (χ2v) is 10.7. The number of benzene rings is 8. The quantitative estimate of drug-likeness (QED) is 0.0951. The molecule has 51 heavy (non-hydrogen) atoms. The fourth-order valence-corrected chi connectivity index (χ4v) is 6.08. The van der Waals surface area contributed by atoms with Gasteiger partial charge in [0.1, 0.15) is 17.2 Å². The van der Waals surface area contributed by atoms with Crippen LogP contribution in [0.15, 0.2) is 146 Å². The third-order valence-corrected chi connectivity index (χ3v) is 8.11. The van der Waals surface area contributed by atoms with E-state index in [9.17, 15) is 20.4 Å². The Morgan fingerprint density at radius 1 is 0.353 bits per heavy atom. The van der Waals surface area contributed by atoms with E-state index in [1.54, 1.807) is 24.3 Å². The number of aliphatic hydroxyl groups excluding tert-OH is 1. The summed E-state index contributed by atoms with van der Waals surface area (Å²) in [5.41, 5.74) is 2.52. The Bertz CT molecular complexity index is 2030. The standard InChI is InChI=1S/2C20H14O2.CH4O.Ag.2H3N.2H2O/c2*21-17-11-9-13-5-1-3-7-15(13)19(17)20-16-8-4-2-6-14(16)10-12-18(20)22;1-2;;;;;/h2*1-12,21-22H;2H,1H3;;2*1H3;2*1H2/q;;;+1;;;;/p-1. The molecule has 9 nitrogen and oxygen atoms in total. The number of rotatable bonds is 2. The molecule has 0 aliphatic rings. The van der Waals surface area contributed by atoms with Gasteiger partial charge in [0.15, 0.2) is 0 Å². The minimum atomic E-state index is -0.0784. The summed E-state index contributed by atoms with van der Waals surface area (Å²) in [6.45, 7) is 0. The van der Waals surface area contributed by atoms with Crippen molar-refractivity contribution in [1.82, 2.24) is 12.3 Å². The second-order valence-electron chi connectivity index (χ2n) is 10.7. The molecule has 0 heterocycles. The maximum atomic E-state index is 12.5. The minimum Gasteiger partial charge on any atom is -0.872 e. The number of phenols is 3. The van der Waals surface area contributed by atoms with Crippen molar-refractivity contribution in [3.05, 3.63) is 146 Å². The Labute approximate surface area is 311 Å². The summed E-state index contributed by atoms with van der Waals surface area (Å²) < 4.78 is 0. The number of phenolic OH excluding ortho intramolecular Hbond substituents is 3. The van der Waals surface area contributed by atoms with E-state index in [0.29, 0.717) is 22.3 Å². The molecule has 10 heteroatoms. The van der Waals surface area contributed by atoms with E-state index in [1.807, 2.05) is 121 Å². The average Bonchev–Trinajstić information content (AvgIpc) is 3.10. The molecule has 0 unspecified atom stereocenters. The molecule has 0 bridgehead atoms. The van der Waals surface area contributed by atoms with Crippen LogP contribution in [0.5, 0.6) is 23.0 Å². The molecule has 0 atom stereocenters. The van der Waals surface area contributed by atoms with Gasteiger partial charge in [0.2, 0.25) is 0 Å². The minimum absolute atomic E-state index is 0. The molecule has 0 aliphatic heterocycles. The van der Waals surface area contributed by atoms with E-state index in [1.165, 1.54) is 0 Å². The maximum Gasteiger partial charge on any atom is 1.00 e. The molecule has 8 aromatic rings. The van der Waals surface area contributed by atoms with E-state index in [4.69, 9.17) is 5.11 Å². The van der Waals surface area contributed by atoms with E-state index in [0.717, 1.165) is 50.2 Å². The maximum absolute atomic E-state index is 12.5. The van der Waals surface area contributed by atoms with Crippen molar-refractivity contribution in [2.75, 3.05) is 7.11 Å². The summed E-state index contributed by atoms with van der Waals surface area (Å²) >= 11 is 0. The van der Waals surface area contributed by atoms with Gasteiger partial charge in [-0.05, 0) is 66.9 Å². The van der Waals surface area contributed by atoms with Crippen LogP contribution in [0.4, 0.5) is 0 Å². The molecule has 0 fully saturated rings. The SMILES string of the molecule is CO.N.N.O.O.Oc1ccc2ccccc2c1-c1c(O)ccc2ccccc12.[Ag+].[O-]c1ccc2ccccc2c1-c1c(O)ccc2ccccc12. The number of hydrogen-bond donors (Lipinski definition) is 6. The average molecular weight is 782 g/mol. The van der Waals surface area contributed by atoms with Crippen LogP contribution in [0.1, 0.15) is 0 Å². The van der Waals surface area contributed by atoms with Crippen molar-refractivity contribution in [3.8, 4) is 45.3 Å². The predicted molar refractivity (Wildman–Crippen MR) is 204 cm³/mol. The van der Waals surface area contributed by atoms with Gasteiger partial charge in [0.05, 0.1) is 0 Å². The molecule has 0 spiro atoms. The van der Waals surface area contributed by atoms with Crippen molar-refractivity contribution in [2.45, 2.75) is 0 Å². The monoisotopic (exact) mass is 780 g/mol. The van der Waals surface area contributed by atoms with Crippen LogP contribution in [0.2, 0.25) is 0 Å². The van der Waals surface area contributed by atoms with Crippen LogP contribution in [-0.4, -0.2) is 38.5 Å². The normalized spacial score (nSPS) is 9.69. The smallest absolute Gasteiger partial charge is 0.872 e. The molecule has 8 aromatic carbocycles. The predicted octanol–water partition coefficient (Wildman–Crippen LogP) is 7.79. The molecule has 0 aliphatic carbocycles. The van der Waals surface area contributed by atoms with Gasteiger partial charge in [-0.2, -0.15) is 0 Å². The van der Waals surface area contributed by atoms with Gasteiger partial charge in [0, 0.05) is 23.8 Å². The van der Waals surface area contributed by atoms with Gasteiger partial charge in [0.25, 0.3) is 0 Å². The van der Waals surface area contributed by atoms with Gasteiger partial charge in [-0.1, -0.05) is 127 Å². The zero-order valence-electron chi connectivity index (χ0n) is 27.8. The van der Waals surface area contributed by atoms with Crippen molar-refractivity contribution in [3.63, 3.8) is 0 Å². The zero-order valence-corrected chi connectivity index (χ0v) is 29.3. The third kappa shape index (κ3) is 8.30. The molecule has 14 N–H and O–H groups in total. The summed E-state index contributed by atoms with van der Waals surface area (Å²) in [6.07, 6.45) is 0. The third-order valence-electron chi connectivity index (χ3n) is 8.11. The Kier molecular flexibility index (Phi) is 16.3. The molecular formula is C41H41AgN2O7. The van der Waals surface area contributed by atoms with Gasteiger partial charge in [-0.3, -0.25) is 0 Å². The molecule has 0 aromatic heterocycles. The molecular weight excluding hydrogens is 740 g/mol. The van der Waals surface area contributed by atoms with Gasteiger partial charge in [-0.25, -0.2) is 0 Å². The number of aliphatic hydroxyl groups is 1. The van der Waals surface area contributed by atoms with Gasteiger partial charge < -0.3 is 48.8 Å². The first-order chi connectivity index (χ1) is 22.5. The summed E-state index contributed by atoms with van der Waals surface area (Å²) in [4.78, 5) is 0. The number of hydrogen-bond acceptors (Lipinski definition) is 7. The van der Waals surface area contributed by atoms with E-state index < -0.39 is 0 Å². The van der Waals surface area contributed by atoms with E-state index in [-0.39, 0.29) is 68.6 Å². The fraction of sp³-hybridized carbons (Fsp3) is 0.0244. The Hall–Kier alpha value is -5.46. The molecule has 8 rings (SSSR count). The van der Waals surface area contributed by atoms with Crippen LogP contribution in [0.25, 0.3) is 65.3 Å². The van der Waals surface area contributed by atoms with Crippen molar-refractivity contribution < 1.29 is 58.9 Å².